The summed E-state index contributed by atoms with van der Waals surface area (Å²) >= 11 is 0. The molecule has 4 fully saturated rings. The molecule has 12 heteroatoms. The zero-order valence-corrected chi connectivity index (χ0v) is 21.0. The first kappa shape index (κ1) is 26.0. The van der Waals surface area contributed by atoms with Gasteiger partial charge in [0.25, 0.3) is 11.8 Å². The maximum atomic E-state index is 13.1. The topological polar surface area (TPSA) is 157 Å². The SMILES string of the molecule is O=C1NCCCCC1N[C@@H]1CC(=O)N(c2ccc(N3C(=O)C[C@@H](N[C@@H]4CCCCNC4=O)C3=O)cc2)C1=O. The Hall–Kier alpha value is -3.64. The number of benzene rings is 1. The summed E-state index contributed by atoms with van der Waals surface area (Å²) in [5, 5.41) is 11.7. The fourth-order valence-electron chi connectivity index (χ4n) is 5.50. The molecule has 1 unspecified atom stereocenters. The molecule has 0 spiro atoms. The van der Waals surface area contributed by atoms with Crippen molar-refractivity contribution >= 4 is 46.8 Å². The molecule has 6 amide bonds. The van der Waals surface area contributed by atoms with Gasteiger partial charge in [0, 0.05) is 13.1 Å². The van der Waals surface area contributed by atoms with Crippen molar-refractivity contribution in [3.8, 4) is 0 Å². The number of rotatable bonds is 6. The second-order valence-corrected chi connectivity index (χ2v) is 10.2. The fraction of sp³-hybridized carbons (Fsp3) is 0.538. The van der Waals surface area contributed by atoms with Gasteiger partial charge in [-0.25, -0.2) is 9.80 Å². The maximum absolute atomic E-state index is 13.1. The third-order valence-corrected chi connectivity index (χ3v) is 7.53. The molecule has 0 aromatic heterocycles. The van der Waals surface area contributed by atoms with Crippen molar-refractivity contribution in [1.29, 1.82) is 0 Å². The van der Waals surface area contributed by atoms with Crippen LogP contribution in [0.1, 0.15) is 51.4 Å². The highest BCUT2D eigenvalue weighted by Crippen LogP contribution is 2.29. The molecule has 0 aliphatic carbocycles. The van der Waals surface area contributed by atoms with E-state index in [4.69, 9.17) is 0 Å². The highest BCUT2D eigenvalue weighted by Gasteiger charge is 2.43. The van der Waals surface area contributed by atoms with Crippen LogP contribution in [-0.4, -0.2) is 72.7 Å². The van der Waals surface area contributed by atoms with Gasteiger partial charge in [-0.1, -0.05) is 0 Å². The third kappa shape index (κ3) is 5.18. The lowest BCUT2D eigenvalue weighted by atomic mass is 10.1. The smallest absolute Gasteiger partial charge is 0.251 e. The molecule has 5 rings (SSSR count). The number of anilines is 2. The number of imide groups is 2. The van der Waals surface area contributed by atoms with Crippen molar-refractivity contribution in [2.24, 2.45) is 0 Å². The lowest BCUT2D eigenvalue weighted by Gasteiger charge is -2.21. The highest BCUT2D eigenvalue weighted by atomic mass is 16.2. The average Bonchev–Trinajstić information content (AvgIpc) is 3.12. The first-order valence-corrected chi connectivity index (χ1v) is 13.2. The van der Waals surface area contributed by atoms with Gasteiger partial charge in [-0.15, -0.1) is 0 Å². The molecule has 4 heterocycles. The number of carbonyl (C=O) groups excluding carboxylic acids is 6. The van der Waals surface area contributed by atoms with Gasteiger partial charge in [0.15, 0.2) is 0 Å². The van der Waals surface area contributed by atoms with Gasteiger partial charge in [-0.3, -0.25) is 39.4 Å². The Balaban J connectivity index is 1.25. The van der Waals surface area contributed by atoms with Crippen LogP contribution in [0.2, 0.25) is 0 Å². The van der Waals surface area contributed by atoms with Crippen LogP contribution < -0.4 is 31.1 Å². The summed E-state index contributed by atoms with van der Waals surface area (Å²) in [7, 11) is 0. The minimum Gasteiger partial charge on any atom is -0.355 e. The Morgan fingerprint density at radius 1 is 0.579 bits per heavy atom. The van der Waals surface area contributed by atoms with E-state index in [1.807, 2.05) is 0 Å². The van der Waals surface area contributed by atoms with Crippen LogP contribution in [0.3, 0.4) is 0 Å². The van der Waals surface area contributed by atoms with E-state index in [0.29, 0.717) is 37.3 Å². The minimum absolute atomic E-state index is 0.0600. The summed E-state index contributed by atoms with van der Waals surface area (Å²) in [6, 6.07) is 3.42. The van der Waals surface area contributed by atoms with Crippen LogP contribution in [0.15, 0.2) is 24.3 Å². The second-order valence-electron chi connectivity index (χ2n) is 10.2. The number of nitrogens with one attached hydrogen (secondary N) is 4. The van der Waals surface area contributed by atoms with Gasteiger partial charge in [0.05, 0.1) is 48.4 Å². The van der Waals surface area contributed by atoms with E-state index < -0.39 is 47.8 Å². The Kier molecular flexibility index (Phi) is 7.52. The molecule has 4 saturated heterocycles. The maximum Gasteiger partial charge on any atom is 0.251 e. The van der Waals surface area contributed by atoms with E-state index in [1.165, 1.54) is 24.3 Å². The summed E-state index contributed by atoms with van der Waals surface area (Å²) in [5.41, 5.74) is 0.643. The van der Waals surface area contributed by atoms with Gasteiger partial charge in [-0.05, 0) is 62.8 Å². The molecular weight excluding hydrogens is 492 g/mol. The van der Waals surface area contributed by atoms with E-state index >= 15 is 0 Å². The lowest BCUT2D eigenvalue weighted by Crippen LogP contribution is -2.50. The van der Waals surface area contributed by atoms with Gasteiger partial charge < -0.3 is 10.6 Å². The van der Waals surface area contributed by atoms with Crippen LogP contribution in [0.25, 0.3) is 0 Å². The monoisotopic (exact) mass is 524 g/mol. The minimum atomic E-state index is -0.800. The first-order chi connectivity index (χ1) is 18.3. The van der Waals surface area contributed by atoms with Gasteiger partial charge in [0.2, 0.25) is 23.6 Å². The van der Waals surface area contributed by atoms with E-state index in [1.54, 1.807) is 0 Å². The van der Waals surface area contributed by atoms with Gasteiger partial charge >= 0.3 is 0 Å². The standard InChI is InChI=1S/C26H32N6O6/c33-21-13-19(29-17-5-1-3-11-27-23(17)35)25(37)31(21)15-7-9-16(10-8-15)32-22(34)14-20(26(32)38)30-18-6-2-4-12-28-24(18)36/h7-10,17-20,29-30H,1-6,11-14H2,(H,27,35)(H,28,36)/t17-,18?,19-,20-/m1/s1. The molecule has 0 radical (unpaired) electrons. The van der Waals surface area contributed by atoms with E-state index in [2.05, 4.69) is 21.3 Å². The molecule has 12 nitrogen and oxygen atoms in total. The molecular formula is C26H32N6O6. The Labute approximate surface area is 219 Å². The van der Waals surface area contributed by atoms with Crippen molar-refractivity contribution in [3.63, 3.8) is 0 Å². The Morgan fingerprint density at radius 2 is 0.974 bits per heavy atom. The molecule has 1 aromatic rings. The van der Waals surface area contributed by atoms with E-state index in [0.717, 1.165) is 35.5 Å². The number of nitrogens with zero attached hydrogens (tertiary/aromatic N) is 2. The van der Waals surface area contributed by atoms with Crippen molar-refractivity contribution < 1.29 is 28.8 Å². The molecule has 4 aliphatic heterocycles. The molecule has 0 bridgehead atoms. The largest absolute Gasteiger partial charge is 0.355 e. The second kappa shape index (κ2) is 11.0. The van der Waals surface area contributed by atoms with Gasteiger partial charge in [-0.2, -0.15) is 0 Å². The summed E-state index contributed by atoms with van der Waals surface area (Å²) in [6.07, 6.45) is 4.49. The van der Waals surface area contributed by atoms with E-state index in [9.17, 15) is 28.8 Å². The number of hydrogen-bond donors (Lipinski definition) is 4. The van der Waals surface area contributed by atoms with Crippen molar-refractivity contribution in [3.05, 3.63) is 24.3 Å². The normalized spacial score (nSPS) is 28.8. The quantitative estimate of drug-likeness (QED) is 0.362. The number of amides is 6. The zero-order chi connectivity index (χ0) is 26.8. The number of carbonyl (C=O) groups is 6. The van der Waals surface area contributed by atoms with Crippen LogP contribution >= 0.6 is 0 Å². The Morgan fingerprint density at radius 3 is 1.37 bits per heavy atom. The molecule has 1 aromatic carbocycles. The first-order valence-electron chi connectivity index (χ1n) is 13.2. The molecule has 38 heavy (non-hydrogen) atoms. The van der Waals surface area contributed by atoms with E-state index in [-0.39, 0.29) is 24.7 Å². The summed E-state index contributed by atoms with van der Waals surface area (Å²) in [6.45, 7) is 1.20. The highest BCUT2D eigenvalue weighted by molar-refractivity contribution is 6.24. The van der Waals surface area contributed by atoms with Crippen LogP contribution in [-0.2, 0) is 28.8 Å². The summed E-state index contributed by atoms with van der Waals surface area (Å²) < 4.78 is 0. The molecule has 4 aliphatic rings. The van der Waals surface area contributed by atoms with Crippen LogP contribution in [0.5, 0.6) is 0 Å². The van der Waals surface area contributed by atoms with Crippen LogP contribution in [0.4, 0.5) is 11.4 Å². The zero-order valence-electron chi connectivity index (χ0n) is 21.0. The van der Waals surface area contributed by atoms with Crippen LogP contribution in [0, 0.1) is 0 Å². The van der Waals surface area contributed by atoms with Crippen molar-refractivity contribution in [2.75, 3.05) is 22.9 Å². The summed E-state index contributed by atoms with van der Waals surface area (Å²) in [5.74, 6) is -2.02. The average molecular weight is 525 g/mol. The molecule has 4 N–H and O–H groups in total. The summed E-state index contributed by atoms with van der Waals surface area (Å²) in [4.78, 5) is 78.2. The van der Waals surface area contributed by atoms with Crippen molar-refractivity contribution in [2.45, 2.75) is 75.5 Å². The van der Waals surface area contributed by atoms with Crippen molar-refractivity contribution in [1.82, 2.24) is 21.3 Å². The third-order valence-electron chi connectivity index (χ3n) is 7.53. The fourth-order valence-corrected chi connectivity index (χ4v) is 5.50. The predicted octanol–water partition coefficient (Wildman–Crippen LogP) is -0.533. The molecule has 202 valence electrons. The predicted molar refractivity (Wildman–Crippen MR) is 136 cm³/mol. The molecule has 0 saturated carbocycles. The number of hydrogen-bond acceptors (Lipinski definition) is 8. The van der Waals surface area contributed by atoms with Gasteiger partial charge in [0.1, 0.15) is 0 Å². The Bertz CT molecular complexity index is 1060. The molecule has 4 atom stereocenters. The lowest BCUT2D eigenvalue weighted by molar-refractivity contribution is -0.125.